The van der Waals surface area contributed by atoms with Crippen molar-refractivity contribution in [3.63, 3.8) is 0 Å². The molecule has 3 heteroatoms. The maximum atomic E-state index is 8.23. The highest BCUT2D eigenvalue weighted by Gasteiger charge is 2.53. The first kappa shape index (κ1) is 27.6. The van der Waals surface area contributed by atoms with E-state index in [9.17, 15) is 0 Å². The molecule has 2 saturated carbocycles. The van der Waals surface area contributed by atoms with Crippen molar-refractivity contribution in [1.82, 2.24) is 0 Å². The maximum absolute atomic E-state index is 8.23. The average Bonchev–Trinajstić information content (AvgIpc) is 2.67. The largest absolute Gasteiger partial charge is 0.454 e. The lowest BCUT2D eigenvalue weighted by Gasteiger charge is -2.53. The third-order valence-corrected chi connectivity index (χ3v) is 21.5. The molecule has 0 N–H and O–H groups in total. The normalized spacial score (nSPS) is 20.5. The van der Waals surface area contributed by atoms with Gasteiger partial charge >= 0.3 is 0 Å². The second-order valence-electron chi connectivity index (χ2n) is 13.3. The molecule has 0 saturated heterocycles. The molecule has 2 rings (SSSR count). The van der Waals surface area contributed by atoms with Gasteiger partial charge in [0.05, 0.1) is 0 Å². The SMILES string of the molecule is CC(C)C[Si](CC(C)C)(O[Si](CC(C)C)(CC(C)C)C1CCCCC1)C1CCCCC1. The van der Waals surface area contributed by atoms with Gasteiger partial charge in [0.1, 0.15) is 0 Å². The Labute approximate surface area is 199 Å². The molecule has 0 bridgehead atoms. The molecule has 0 unspecified atom stereocenters. The van der Waals surface area contributed by atoms with Crippen molar-refractivity contribution in [1.29, 1.82) is 0 Å². The standard InChI is InChI=1S/C28H58OSi2/c1-23(2)19-30(20-24(3)4,27-15-11-9-12-16-27)29-31(21-25(5)6,22-26(7)8)28-17-13-10-14-18-28/h23-28H,9-22H2,1-8H3. The Hall–Kier alpha value is 0.394. The predicted octanol–water partition coefficient (Wildman–Crippen LogP) is 10.2. The highest BCUT2D eigenvalue weighted by Crippen LogP contribution is 2.52. The summed E-state index contributed by atoms with van der Waals surface area (Å²) < 4.78 is 8.23. The molecule has 0 aromatic heterocycles. The monoisotopic (exact) mass is 466 g/mol. The maximum Gasteiger partial charge on any atom is 0.183 e. The van der Waals surface area contributed by atoms with Crippen LogP contribution < -0.4 is 0 Å². The Kier molecular flexibility index (Phi) is 11.4. The Morgan fingerprint density at radius 2 is 0.742 bits per heavy atom. The Morgan fingerprint density at radius 1 is 0.484 bits per heavy atom. The van der Waals surface area contributed by atoms with E-state index in [-0.39, 0.29) is 0 Å². The molecule has 2 aliphatic carbocycles. The van der Waals surface area contributed by atoms with Gasteiger partial charge in [-0.25, -0.2) is 0 Å². The van der Waals surface area contributed by atoms with Gasteiger partial charge in [0.2, 0.25) is 0 Å². The third kappa shape index (κ3) is 8.28. The van der Waals surface area contributed by atoms with Crippen molar-refractivity contribution in [2.45, 2.75) is 155 Å². The summed E-state index contributed by atoms with van der Waals surface area (Å²) in [6.07, 6.45) is 14.7. The van der Waals surface area contributed by atoms with Crippen LogP contribution in [0.4, 0.5) is 0 Å². The molecule has 0 amide bonds. The van der Waals surface area contributed by atoms with Crippen molar-refractivity contribution in [3.05, 3.63) is 0 Å². The minimum absolute atomic E-state index is 0.781. The van der Waals surface area contributed by atoms with E-state index in [1.807, 2.05) is 0 Å². The van der Waals surface area contributed by atoms with Gasteiger partial charge in [-0.2, -0.15) is 0 Å². The highest BCUT2D eigenvalue weighted by atomic mass is 28.4. The summed E-state index contributed by atoms with van der Waals surface area (Å²) in [5.41, 5.74) is 1.86. The fourth-order valence-electron chi connectivity index (χ4n) is 7.59. The molecule has 0 aromatic carbocycles. The predicted molar refractivity (Wildman–Crippen MR) is 145 cm³/mol. The van der Waals surface area contributed by atoms with Gasteiger partial charge in [-0.3, -0.25) is 0 Å². The van der Waals surface area contributed by atoms with Crippen molar-refractivity contribution in [2.75, 3.05) is 0 Å². The number of hydrogen-bond donors (Lipinski definition) is 0. The zero-order valence-corrected chi connectivity index (χ0v) is 24.8. The Bertz CT molecular complexity index is 423. The van der Waals surface area contributed by atoms with E-state index in [0.29, 0.717) is 0 Å². The average molecular weight is 467 g/mol. The first-order valence-corrected chi connectivity index (χ1v) is 19.1. The molecular weight excluding hydrogens is 408 g/mol. The van der Waals surface area contributed by atoms with Gasteiger partial charge in [-0.05, 0) is 58.9 Å². The lowest BCUT2D eigenvalue weighted by Crippen LogP contribution is -2.58. The first-order valence-electron chi connectivity index (χ1n) is 14.3. The van der Waals surface area contributed by atoms with Gasteiger partial charge in [0, 0.05) is 0 Å². The van der Waals surface area contributed by atoms with E-state index in [0.717, 1.165) is 34.8 Å². The summed E-state index contributed by atoms with van der Waals surface area (Å²) in [6.45, 7) is 19.9. The Balaban J connectivity index is 2.53. The second-order valence-corrected chi connectivity index (χ2v) is 21.6. The zero-order chi connectivity index (χ0) is 23.1. The Morgan fingerprint density at radius 3 is 0.968 bits per heavy atom. The number of rotatable bonds is 12. The summed E-state index contributed by atoms with van der Waals surface area (Å²) in [5, 5.41) is 0. The molecule has 0 aliphatic heterocycles. The molecule has 184 valence electrons. The van der Waals surface area contributed by atoms with Crippen LogP contribution in [0, 0.1) is 23.7 Å². The molecule has 0 aromatic rings. The van der Waals surface area contributed by atoms with E-state index < -0.39 is 16.6 Å². The van der Waals surface area contributed by atoms with Crippen LogP contribution in [-0.4, -0.2) is 16.6 Å². The molecule has 1 nitrogen and oxygen atoms in total. The molecule has 2 aliphatic rings. The summed E-state index contributed by atoms with van der Waals surface area (Å²) in [6, 6.07) is 5.70. The van der Waals surface area contributed by atoms with E-state index >= 15 is 0 Å². The van der Waals surface area contributed by atoms with Crippen molar-refractivity contribution >= 4 is 16.6 Å². The third-order valence-electron chi connectivity index (χ3n) is 8.12. The van der Waals surface area contributed by atoms with Crippen LogP contribution in [0.3, 0.4) is 0 Å². The van der Waals surface area contributed by atoms with E-state index in [1.165, 1.54) is 88.4 Å². The first-order chi connectivity index (χ1) is 14.6. The van der Waals surface area contributed by atoms with Crippen LogP contribution in [0.25, 0.3) is 0 Å². The van der Waals surface area contributed by atoms with Crippen LogP contribution in [0.1, 0.15) is 120 Å². The lowest BCUT2D eigenvalue weighted by molar-refractivity contribution is 0.364. The van der Waals surface area contributed by atoms with Crippen molar-refractivity contribution in [2.24, 2.45) is 23.7 Å². The molecule has 0 radical (unpaired) electrons. The van der Waals surface area contributed by atoms with E-state index in [1.54, 1.807) is 0 Å². The highest BCUT2D eigenvalue weighted by molar-refractivity contribution is 6.88. The van der Waals surface area contributed by atoms with Gasteiger partial charge in [-0.15, -0.1) is 0 Å². The van der Waals surface area contributed by atoms with E-state index in [4.69, 9.17) is 4.12 Å². The van der Waals surface area contributed by atoms with Crippen LogP contribution in [-0.2, 0) is 4.12 Å². The van der Waals surface area contributed by atoms with Crippen LogP contribution in [0.5, 0.6) is 0 Å². The van der Waals surface area contributed by atoms with Crippen LogP contribution in [0.15, 0.2) is 0 Å². The molecule has 2 fully saturated rings. The second kappa shape index (κ2) is 12.7. The molecule has 0 spiro atoms. The smallest absolute Gasteiger partial charge is 0.183 e. The fourth-order valence-corrected chi connectivity index (χ4v) is 23.6. The summed E-state index contributed by atoms with van der Waals surface area (Å²) >= 11 is 0. The minimum atomic E-state index is -1.81. The topological polar surface area (TPSA) is 9.23 Å². The molecule has 0 atom stereocenters. The van der Waals surface area contributed by atoms with Gasteiger partial charge in [0.15, 0.2) is 16.6 Å². The number of hydrogen-bond acceptors (Lipinski definition) is 1. The van der Waals surface area contributed by atoms with Gasteiger partial charge < -0.3 is 4.12 Å². The molecule has 0 heterocycles. The van der Waals surface area contributed by atoms with Crippen molar-refractivity contribution in [3.8, 4) is 0 Å². The summed E-state index contributed by atoms with van der Waals surface area (Å²) in [4.78, 5) is 0. The molecular formula is C28H58OSi2. The lowest BCUT2D eigenvalue weighted by atomic mass is 10.0. The zero-order valence-electron chi connectivity index (χ0n) is 22.8. The minimum Gasteiger partial charge on any atom is -0.454 e. The fraction of sp³-hybridized carbons (Fsp3) is 1.00. The summed E-state index contributed by atoms with van der Waals surface area (Å²) in [7, 11) is -3.62. The summed E-state index contributed by atoms with van der Waals surface area (Å²) in [5.74, 6) is 3.12. The van der Waals surface area contributed by atoms with Crippen LogP contribution >= 0.6 is 0 Å². The van der Waals surface area contributed by atoms with Gasteiger partial charge in [0.25, 0.3) is 0 Å². The quantitative estimate of drug-likeness (QED) is 0.260. The molecule has 31 heavy (non-hydrogen) atoms. The van der Waals surface area contributed by atoms with Crippen molar-refractivity contribution < 1.29 is 4.12 Å². The van der Waals surface area contributed by atoms with Gasteiger partial charge in [-0.1, -0.05) is 120 Å². The van der Waals surface area contributed by atoms with Crippen LogP contribution in [0.2, 0.25) is 35.3 Å². The van der Waals surface area contributed by atoms with E-state index in [2.05, 4.69) is 55.4 Å².